The smallest absolute Gasteiger partial charge is 0.337 e. The Morgan fingerprint density at radius 3 is 2.50 bits per heavy atom. The Kier molecular flexibility index (Phi) is 7.82. The molecule has 3 unspecified atom stereocenters. The Morgan fingerprint density at radius 2 is 1.79 bits per heavy atom. The van der Waals surface area contributed by atoms with Gasteiger partial charge in [-0.05, 0) is 32.0 Å². The molecule has 9 heteroatoms. The van der Waals surface area contributed by atoms with Crippen LogP contribution in [0.15, 0.2) is 62.9 Å². The summed E-state index contributed by atoms with van der Waals surface area (Å²) in [7, 11) is 0. The maximum Gasteiger partial charge on any atom is 0.337 e. The standard InChI is InChI=1S/C29H27NO8/c1-5-14-36-28(33)23-16(3)30-21(15-37-17(4)31)25(29(34)35-6-2)24(23)19-11-9-12-20-26(32)18-10-7-8-13-22(18)38-27(19)20/h1,7-13,21,24-25,30H,6,14-15H2,2-4H3. The number of carbonyl (C=O) groups excluding carboxylic acids is 3. The van der Waals surface area contributed by atoms with Crippen LogP contribution >= 0.6 is 0 Å². The normalized spacial score (nSPS) is 18.9. The van der Waals surface area contributed by atoms with Crippen LogP contribution < -0.4 is 10.7 Å². The van der Waals surface area contributed by atoms with E-state index in [2.05, 4.69) is 11.2 Å². The van der Waals surface area contributed by atoms with Crippen molar-refractivity contribution in [2.24, 2.45) is 5.92 Å². The highest BCUT2D eigenvalue weighted by Gasteiger charge is 2.47. The molecule has 0 aliphatic carbocycles. The third-order valence-corrected chi connectivity index (χ3v) is 6.41. The van der Waals surface area contributed by atoms with Gasteiger partial charge in [-0.15, -0.1) is 6.42 Å². The van der Waals surface area contributed by atoms with Gasteiger partial charge in [-0.3, -0.25) is 14.4 Å². The maximum atomic E-state index is 13.4. The first-order chi connectivity index (χ1) is 18.3. The van der Waals surface area contributed by atoms with Crippen LogP contribution in [0.1, 0.15) is 32.3 Å². The predicted molar refractivity (Wildman–Crippen MR) is 139 cm³/mol. The van der Waals surface area contributed by atoms with E-state index in [1.165, 1.54) is 6.92 Å². The maximum absolute atomic E-state index is 13.4. The van der Waals surface area contributed by atoms with Gasteiger partial charge in [-0.2, -0.15) is 0 Å². The highest BCUT2D eigenvalue weighted by Crippen LogP contribution is 2.43. The number of carbonyl (C=O) groups is 3. The molecule has 1 N–H and O–H groups in total. The van der Waals surface area contributed by atoms with Crippen LogP contribution in [0.2, 0.25) is 0 Å². The van der Waals surface area contributed by atoms with E-state index in [0.29, 0.717) is 22.2 Å². The Labute approximate surface area is 218 Å². The number of benzene rings is 2. The number of fused-ring (bicyclic) bond motifs is 2. The number of ether oxygens (including phenoxy) is 3. The fourth-order valence-electron chi connectivity index (χ4n) is 4.89. The van der Waals surface area contributed by atoms with Crippen molar-refractivity contribution in [2.45, 2.75) is 32.7 Å². The lowest BCUT2D eigenvalue weighted by Crippen LogP contribution is -2.51. The molecule has 9 nitrogen and oxygen atoms in total. The predicted octanol–water partition coefficient (Wildman–Crippen LogP) is 3.19. The van der Waals surface area contributed by atoms with E-state index in [9.17, 15) is 19.2 Å². The van der Waals surface area contributed by atoms with Gasteiger partial charge in [-0.25, -0.2) is 4.79 Å². The largest absolute Gasteiger partial charge is 0.466 e. The Bertz CT molecular complexity index is 1540. The number of rotatable bonds is 7. The second kappa shape index (κ2) is 11.2. The SMILES string of the molecule is C#CCOC(=O)C1=C(C)NC(COC(C)=O)C(C(=O)OCC)C1c1cccc2c(=O)c3ccccc3oc12. The van der Waals surface area contributed by atoms with Crippen LogP contribution in [-0.4, -0.2) is 43.8 Å². The summed E-state index contributed by atoms with van der Waals surface area (Å²) < 4.78 is 22.1. The molecule has 1 aromatic heterocycles. The zero-order valence-corrected chi connectivity index (χ0v) is 21.2. The number of hydrogen-bond donors (Lipinski definition) is 1. The van der Waals surface area contributed by atoms with Gasteiger partial charge in [-0.1, -0.05) is 30.2 Å². The quantitative estimate of drug-likeness (QED) is 0.218. The fourth-order valence-corrected chi connectivity index (χ4v) is 4.89. The van der Waals surface area contributed by atoms with Crippen molar-refractivity contribution in [2.75, 3.05) is 19.8 Å². The summed E-state index contributed by atoms with van der Waals surface area (Å²) in [5.74, 6) is -1.66. The highest BCUT2D eigenvalue weighted by atomic mass is 16.5. The molecule has 0 spiro atoms. The first-order valence-electron chi connectivity index (χ1n) is 12.1. The lowest BCUT2D eigenvalue weighted by Gasteiger charge is -2.39. The molecule has 2 aromatic carbocycles. The van der Waals surface area contributed by atoms with Crippen molar-refractivity contribution >= 4 is 39.8 Å². The van der Waals surface area contributed by atoms with E-state index < -0.39 is 35.8 Å². The molecule has 0 saturated carbocycles. The summed E-state index contributed by atoms with van der Waals surface area (Å²) in [5, 5.41) is 3.80. The molecule has 0 bridgehead atoms. The minimum Gasteiger partial charge on any atom is -0.466 e. The van der Waals surface area contributed by atoms with Crippen LogP contribution in [-0.2, 0) is 28.6 Å². The molecule has 0 radical (unpaired) electrons. The average molecular weight is 518 g/mol. The third-order valence-electron chi connectivity index (χ3n) is 6.41. The van der Waals surface area contributed by atoms with Gasteiger partial charge in [0.1, 0.15) is 17.8 Å². The van der Waals surface area contributed by atoms with Gasteiger partial charge in [0.15, 0.2) is 6.61 Å². The Balaban J connectivity index is 2.01. The molecule has 0 amide bonds. The van der Waals surface area contributed by atoms with Gasteiger partial charge in [0.2, 0.25) is 5.43 Å². The van der Waals surface area contributed by atoms with Crippen molar-refractivity contribution < 1.29 is 33.0 Å². The minimum atomic E-state index is -1.05. The number of allylic oxidation sites excluding steroid dienone is 1. The molecule has 4 rings (SSSR count). The lowest BCUT2D eigenvalue weighted by atomic mass is 9.73. The summed E-state index contributed by atoms with van der Waals surface area (Å²) in [5.41, 5.74) is 1.26. The summed E-state index contributed by atoms with van der Waals surface area (Å²) in [6, 6.07) is 11.0. The molecular formula is C29H27NO8. The van der Waals surface area contributed by atoms with Crippen molar-refractivity contribution in [3.63, 3.8) is 0 Å². The van der Waals surface area contributed by atoms with E-state index >= 15 is 0 Å². The summed E-state index contributed by atoms with van der Waals surface area (Å²) >= 11 is 0. The molecule has 2 heterocycles. The summed E-state index contributed by atoms with van der Waals surface area (Å²) in [6.45, 7) is 4.21. The molecule has 0 saturated heterocycles. The van der Waals surface area contributed by atoms with Crippen LogP contribution in [0, 0.1) is 18.3 Å². The Hall–Kier alpha value is -4.58. The second-order valence-electron chi connectivity index (χ2n) is 8.78. The zero-order chi connectivity index (χ0) is 27.4. The zero-order valence-electron chi connectivity index (χ0n) is 21.2. The van der Waals surface area contributed by atoms with Gasteiger partial charge in [0.25, 0.3) is 0 Å². The minimum absolute atomic E-state index is 0.0805. The average Bonchev–Trinajstić information content (AvgIpc) is 2.90. The first-order valence-corrected chi connectivity index (χ1v) is 12.1. The van der Waals surface area contributed by atoms with E-state index in [1.807, 2.05) is 0 Å². The van der Waals surface area contributed by atoms with Crippen molar-refractivity contribution in [3.05, 3.63) is 69.5 Å². The van der Waals surface area contributed by atoms with Gasteiger partial charge in [0, 0.05) is 24.1 Å². The van der Waals surface area contributed by atoms with Crippen LogP contribution in [0.4, 0.5) is 0 Å². The fraction of sp³-hybridized carbons (Fsp3) is 0.310. The van der Waals surface area contributed by atoms with Crippen LogP contribution in [0.3, 0.4) is 0 Å². The van der Waals surface area contributed by atoms with E-state index in [1.54, 1.807) is 56.3 Å². The Morgan fingerprint density at radius 1 is 1.05 bits per heavy atom. The number of para-hydroxylation sites is 2. The topological polar surface area (TPSA) is 121 Å². The molecule has 196 valence electrons. The molecule has 1 aliphatic rings. The summed E-state index contributed by atoms with van der Waals surface area (Å²) in [6.07, 6.45) is 5.30. The molecule has 0 fully saturated rings. The van der Waals surface area contributed by atoms with Crippen molar-refractivity contribution in [1.82, 2.24) is 5.32 Å². The van der Waals surface area contributed by atoms with Gasteiger partial charge < -0.3 is 23.9 Å². The number of terminal acetylenes is 1. The van der Waals surface area contributed by atoms with Crippen molar-refractivity contribution in [1.29, 1.82) is 0 Å². The van der Waals surface area contributed by atoms with Gasteiger partial charge in [0.05, 0.1) is 34.9 Å². The second-order valence-corrected chi connectivity index (χ2v) is 8.78. The van der Waals surface area contributed by atoms with Crippen molar-refractivity contribution in [3.8, 4) is 12.3 Å². The van der Waals surface area contributed by atoms with Crippen LogP contribution in [0.5, 0.6) is 0 Å². The van der Waals surface area contributed by atoms with E-state index in [0.717, 1.165) is 0 Å². The molecule has 3 atom stereocenters. The van der Waals surface area contributed by atoms with Gasteiger partial charge >= 0.3 is 17.9 Å². The lowest BCUT2D eigenvalue weighted by molar-refractivity contribution is -0.153. The molecule has 38 heavy (non-hydrogen) atoms. The number of hydrogen-bond acceptors (Lipinski definition) is 9. The summed E-state index contributed by atoms with van der Waals surface area (Å²) in [4.78, 5) is 51.7. The van der Waals surface area contributed by atoms with E-state index in [-0.39, 0.29) is 41.8 Å². The molecular weight excluding hydrogens is 490 g/mol. The number of nitrogens with one attached hydrogen (secondary N) is 1. The first kappa shape index (κ1) is 26.5. The van der Waals surface area contributed by atoms with E-state index in [4.69, 9.17) is 25.1 Å². The molecule has 1 aliphatic heterocycles. The molecule has 3 aromatic rings. The third kappa shape index (κ3) is 4.98. The highest BCUT2D eigenvalue weighted by molar-refractivity contribution is 5.97. The number of esters is 3. The monoisotopic (exact) mass is 517 g/mol. The van der Waals surface area contributed by atoms with Crippen LogP contribution in [0.25, 0.3) is 21.9 Å².